The van der Waals surface area contributed by atoms with Crippen LogP contribution in [-0.2, 0) is 0 Å². The lowest BCUT2D eigenvalue weighted by Crippen LogP contribution is -2.03. The summed E-state index contributed by atoms with van der Waals surface area (Å²) in [6, 6.07) is 1.72. The second-order valence-corrected chi connectivity index (χ2v) is 2.43. The van der Waals surface area contributed by atoms with Crippen LogP contribution in [-0.4, -0.2) is 26.0 Å². The number of carbonyl (C=O) groups is 1. The summed E-state index contributed by atoms with van der Waals surface area (Å²) in [5, 5.41) is 9.38. The number of fused-ring (bicyclic) bond motifs is 1. The monoisotopic (exact) mass is 175 g/mol. The van der Waals surface area contributed by atoms with Crippen LogP contribution in [0.1, 0.15) is 10.6 Å². The number of pyridine rings is 1. The molecule has 2 heterocycles. The van der Waals surface area contributed by atoms with Crippen LogP contribution >= 0.6 is 0 Å². The third kappa shape index (κ3) is 1.31. The van der Waals surface area contributed by atoms with Gasteiger partial charge < -0.3 is 5.11 Å². The van der Waals surface area contributed by atoms with E-state index in [9.17, 15) is 4.79 Å². The molecule has 0 aromatic carbocycles. The van der Waals surface area contributed by atoms with Crippen LogP contribution in [0.25, 0.3) is 10.9 Å². The van der Waals surface area contributed by atoms with E-state index >= 15 is 0 Å². The van der Waals surface area contributed by atoms with Gasteiger partial charge in [-0.25, -0.2) is 14.8 Å². The van der Waals surface area contributed by atoms with Crippen molar-refractivity contribution in [1.82, 2.24) is 15.0 Å². The van der Waals surface area contributed by atoms with E-state index in [-0.39, 0.29) is 5.82 Å². The average Bonchev–Trinajstić information content (AvgIpc) is 2.17. The Balaban J connectivity index is 2.69. The lowest BCUT2D eigenvalue weighted by molar-refractivity contribution is 0.0684. The Morgan fingerprint density at radius 1 is 1.38 bits per heavy atom. The van der Waals surface area contributed by atoms with Crippen LogP contribution in [0.5, 0.6) is 0 Å². The molecule has 0 saturated heterocycles. The number of hydrogen-bond acceptors (Lipinski definition) is 4. The summed E-state index contributed by atoms with van der Waals surface area (Å²) in [6.07, 6.45) is 4.57. The van der Waals surface area contributed by atoms with E-state index in [1.54, 1.807) is 12.3 Å². The highest BCUT2D eigenvalue weighted by atomic mass is 16.4. The molecule has 0 saturated carbocycles. The Bertz CT molecular complexity index is 470. The van der Waals surface area contributed by atoms with Crippen LogP contribution in [0, 0.1) is 0 Å². The molecule has 0 spiro atoms. The van der Waals surface area contributed by atoms with E-state index in [1.165, 1.54) is 12.4 Å². The molecule has 2 aromatic rings. The molecule has 64 valence electrons. The van der Waals surface area contributed by atoms with Gasteiger partial charge in [0.05, 0.1) is 11.7 Å². The molecule has 0 unspecified atom stereocenters. The predicted octanol–water partition coefficient (Wildman–Crippen LogP) is 0.723. The van der Waals surface area contributed by atoms with Gasteiger partial charge in [0.15, 0.2) is 0 Å². The van der Waals surface area contributed by atoms with Gasteiger partial charge in [-0.05, 0) is 6.07 Å². The van der Waals surface area contributed by atoms with Crippen molar-refractivity contribution >= 4 is 16.9 Å². The Hall–Kier alpha value is -2.04. The normalized spacial score (nSPS) is 10.2. The number of aromatic nitrogens is 3. The minimum Gasteiger partial charge on any atom is -0.475 e. The number of carboxylic acids is 1. The second-order valence-electron chi connectivity index (χ2n) is 2.43. The van der Waals surface area contributed by atoms with E-state index in [0.29, 0.717) is 5.52 Å². The van der Waals surface area contributed by atoms with Crippen molar-refractivity contribution in [1.29, 1.82) is 0 Å². The molecule has 0 fully saturated rings. The Morgan fingerprint density at radius 3 is 3.00 bits per heavy atom. The van der Waals surface area contributed by atoms with Crippen LogP contribution in [0.4, 0.5) is 0 Å². The zero-order chi connectivity index (χ0) is 9.26. The summed E-state index contributed by atoms with van der Waals surface area (Å²) in [6.45, 7) is 0. The summed E-state index contributed by atoms with van der Waals surface area (Å²) in [5.74, 6) is -1.34. The summed E-state index contributed by atoms with van der Waals surface area (Å²) >= 11 is 0. The Morgan fingerprint density at radius 2 is 2.23 bits per heavy atom. The molecule has 5 nitrogen and oxygen atoms in total. The lowest BCUT2D eigenvalue weighted by Gasteiger charge is -1.95. The van der Waals surface area contributed by atoms with E-state index < -0.39 is 5.97 Å². The topological polar surface area (TPSA) is 76.0 Å². The molecule has 0 aliphatic rings. The fourth-order valence-electron chi connectivity index (χ4n) is 0.976. The number of carboxylic acid groups (broad SMARTS) is 1. The van der Waals surface area contributed by atoms with E-state index in [4.69, 9.17) is 5.11 Å². The van der Waals surface area contributed by atoms with Gasteiger partial charge in [0.2, 0.25) is 5.82 Å². The molecule has 0 aliphatic carbocycles. The Kier molecular flexibility index (Phi) is 1.63. The standard InChI is InChI=1S/C8H5N3O2/c12-8(13)7-10-3-5-1-2-9-4-6(5)11-7/h1-4H,(H,12,13). The highest BCUT2D eigenvalue weighted by Gasteiger charge is 2.06. The highest BCUT2D eigenvalue weighted by molar-refractivity contribution is 5.86. The van der Waals surface area contributed by atoms with Gasteiger partial charge in [-0.3, -0.25) is 4.98 Å². The quantitative estimate of drug-likeness (QED) is 0.691. The van der Waals surface area contributed by atoms with Crippen molar-refractivity contribution in [3.63, 3.8) is 0 Å². The average molecular weight is 175 g/mol. The molecule has 0 aliphatic heterocycles. The molecule has 2 rings (SSSR count). The van der Waals surface area contributed by atoms with E-state index in [0.717, 1.165) is 5.39 Å². The van der Waals surface area contributed by atoms with Gasteiger partial charge in [0.25, 0.3) is 0 Å². The minimum atomic E-state index is -1.13. The smallest absolute Gasteiger partial charge is 0.373 e. The van der Waals surface area contributed by atoms with Crippen molar-refractivity contribution in [2.75, 3.05) is 0 Å². The molecule has 0 atom stereocenters. The summed E-state index contributed by atoms with van der Waals surface area (Å²) in [4.78, 5) is 21.8. The fourth-order valence-corrected chi connectivity index (χ4v) is 0.976. The van der Waals surface area contributed by atoms with Crippen LogP contribution in [0.15, 0.2) is 24.7 Å². The maximum atomic E-state index is 10.5. The molecule has 5 heteroatoms. The van der Waals surface area contributed by atoms with Gasteiger partial charge in [-0.2, -0.15) is 0 Å². The minimum absolute atomic E-state index is 0.208. The second kappa shape index (κ2) is 2.78. The van der Waals surface area contributed by atoms with E-state index in [2.05, 4.69) is 15.0 Å². The molecule has 2 aromatic heterocycles. The maximum absolute atomic E-state index is 10.5. The van der Waals surface area contributed by atoms with Crippen molar-refractivity contribution in [3.05, 3.63) is 30.5 Å². The summed E-state index contributed by atoms with van der Waals surface area (Å²) in [7, 11) is 0. The first-order valence-corrected chi connectivity index (χ1v) is 3.57. The third-order valence-electron chi connectivity index (χ3n) is 1.58. The van der Waals surface area contributed by atoms with Gasteiger partial charge in [0.1, 0.15) is 0 Å². The number of nitrogens with zero attached hydrogens (tertiary/aromatic N) is 3. The molecule has 0 bridgehead atoms. The third-order valence-corrected chi connectivity index (χ3v) is 1.58. The van der Waals surface area contributed by atoms with Crippen molar-refractivity contribution < 1.29 is 9.90 Å². The largest absolute Gasteiger partial charge is 0.475 e. The van der Waals surface area contributed by atoms with Crippen LogP contribution in [0.3, 0.4) is 0 Å². The molecule has 0 radical (unpaired) electrons. The van der Waals surface area contributed by atoms with E-state index in [1.807, 2.05) is 0 Å². The van der Waals surface area contributed by atoms with Gasteiger partial charge in [-0.1, -0.05) is 0 Å². The first-order chi connectivity index (χ1) is 6.27. The van der Waals surface area contributed by atoms with Crippen LogP contribution in [0.2, 0.25) is 0 Å². The van der Waals surface area contributed by atoms with Crippen LogP contribution < -0.4 is 0 Å². The van der Waals surface area contributed by atoms with Crippen molar-refractivity contribution in [2.45, 2.75) is 0 Å². The molecular weight excluding hydrogens is 170 g/mol. The zero-order valence-electron chi connectivity index (χ0n) is 6.51. The van der Waals surface area contributed by atoms with Crippen molar-refractivity contribution in [2.24, 2.45) is 0 Å². The van der Waals surface area contributed by atoms with Gasteiger partial charge in [0, 0.05) is 17.8 Å². The molecule has 0 amide bonds. The Labute approximate surface area is 73.1 Å². The first kappa shape index (κ1) is 7.60. The first-order valence-electron chi connectivity index (χ1n) is 3.57. The lowest BCUT2D eigenvalue weighted by atomic mass is 10.3. The van der Waals surface area contributed by atoms with Crippen molar-refractivity contribution in [3.8, 4) is 0 Å². The maximum Gasteiger partial charge on any atom is 0.373 e. The number of aromatic carboxylic acids is 1. The summed E-state index contributed by atoms with van der Waals surface area (Å²) < 4.78 is 0. The molecule has 13 heavy (non-hydrogen) atoms. The number of hydrogen-bond donors (Lipinski definition) is 1. The molecule has 1 N–H and O–H groups in total. The highest BCUT2D eigenvalue weighted by Crippen LogP contribution is 2.07. The molecular formula is C8H5N3O2. The zero-order valence-corrected chi connectivity index (χ0v) is 6.51. The SMILES string of the molecule is O=C(O)c1ncc2ccncc2n1. The van der Waals surface area contributed by atoms with Gasteiger partial charge in [-0.15, -0.1) is 0 Å². The number of rotatable bonds is 1. The summed E-state index contributed by atoms with van der Waals surface area (Å²) in [5.41, 5.74) is 0.537. The van der Waals surface area contributed by atoms with Gasteiger partial charge >= 0.3 is 5.97 Å². The predicted molar refractivity (Wildman–Crippen MR) is 44.3 cm³/mol. The fraction of sp³-hybridized carbons (Fsp3) is 0.